The Morgan fingerprint density at radius 3 is 1.28 bits per heavy atom. The average Bonchev–Trinajstić information content (AvgIpc) is 3.65. The van der Waals surface area contributed by atoms with Crippen molar-refractivity contribution in [3.8, 4) is 12.1 Å². The third-order valence-electron chi connectivity index (χ3n) is 8.03. The van der Waals surface area contributed by atoms with Gasteiger partial charge in [0.05, 0.1) is 56.4 Å². The van der Waals surface area contributed by atoms with Crippen LogP contribution in [0.1, 0.15) is 11.1 Å². The van der Waals surface area contributed by atoms with E-state index in [1.165, 1.54) is 0 Å². The lowest BCUT2D eigenvalue weighted by atomic mass is 9.95. The monoisotopic (exact) mass is 454 g/mol. The van der Waals surface area contributed by atoms with Gasteiger partial charge in [0.25, 0.3) is 0 Å². The number of aromatic nitrogens is 2. The van der Waals surface area contributed by atoms with Gasteiger partial charge in [-0.1, -0.05) is 48.5 Å². The van der Waals surface area contributed by atoms with Gasteiger partial charge in [-0.2, -0.15) is 10.5 Å². The van der Waals surface area contributed by atoms with Crippen LogP contribution in [-0.2, 0) is 0 Å². The molecule has 0 saturated carbocycles. The van der Waals surface area contributed by atoms with E-state index >= 15 is 0 Å². The van der Waals surface area contributed by atoms with Crippen LogP contribution in [0.25, 0.3) is 76.2 Å². The van der Waals surface area contributed by atoms with E-state index < -0.39 is 0 Å². The van der Waals surface area contributed by atoms with E-state index in [0.717, 1.165) is 76.2 Å². The summed E-state index contributed by atoms with van der Waals surface area (Å²) in [6.45, 7) is 0. The number of hydrogen-bond acceptors (Lipinski definition) is 2. The van der Waals surface area contributed by atoms with Crippen LogP contribution in [-0.4, -0.2) is 8.80 Å². The molecule has 0 unspecified atom stereocenters. The summed E-state index contributed by atoms with van der Waals surface area (Å²) >= 11 is 0. The van der Waals surface area contributed by atoms with Crippen molar-refractivity contribution in [1.29, 1.82) is 10.5 Å². The maximum atomic E-state index is 10.2. The SMILES string of the molecule is N#Cc1cccc2c1c1c3c4ccccc4n4c5cccc(C#N)c5c(c5c6ccccc6n2c51)c34. The lowest BCUT2D eigenvalue weighted by molar-refractivity contribution is 1.37. The lowest BCUT2D eigenvalue weighted by Crippen LogP contribution is -1.82. The van der Waals surface area contributed by atoms with Crippen LogP contribution < -0.4 is 0 Å². The van der Waals surface area contributed by atoms with Gasteiger partial charge in [-0.25, -0.2) is 0 Å². The minimum Gasteiger partial charge on any atom is -0.308 e. The molecule has 0 N–H and O–H groups in total. The number of para-hydroxylation sites is 2. The number of nitrogens with zero attached hydrogens (tertiary/aromatic N) is 4. The summed E-state index contributed by atoms with van der Waals surface area (Å²) < 4.78 is 4.65. The highest BCUT2D eigenvalue weighted by Crippen LogP contribution is 2.52. The first-order valence-corrected chi connectivity index (χ1v) is 11.9. The first-order chi connectivity index (χ1) is 17.8. The van der Waals surface area contributed by atoms with Crippen molar-refractivity contribution in [3.05, 3.63) is 96.1 Å². The van der Waals surface area contributed by atoms with Gasteiger partial charge in [-0.15, -0.1) is 0 Å². The molecule has 0 fully saturated rings. The molecule has 36 heavy (non-hydrogen) atoms. The molecule has 4 heterocycles. The Bertz CT molecular complexity index is 2310. The third kappa shape index (κ3) is 1.73. The molecule has 162 valence electrons. The van der Waals surface area contributed by atoms with E-state index in [0.29, 0.717) is 11.1 Å². The number of nitriles is 2. The number of benzene rings is 5. The summed E-state index contributed by atoms with van der Waals surface area (Å²) in [5.74, 6) is 0. The summed E-state index contributed by atoms with van der Waals surface area (Å²) in [6, 6.07) is 33.9. The second-order valence-corrected chi connectivity index (χ2v) is 9.53. The summed E-state index contributed by atoms with van der Waals surface area (Å²) in [4.78, 5) is 0. The highest BCUT2D eigenvalue weighted by atomic mass is 14.9. The van der Waals surface area contributed by atoms with Gasteiger partial charge in [0.1, 0.15) is 0 Å². The molecule has 0 amide bonds. The van der Waals surface area contributed by atoms with E-state index in [9.17, 15) is 10.5 Å². The molecule has 4 aromatic heterocycles. The van der Waals surface area contributed by atoms with Crippen LogP contribution in [0.2, 0.25) is 0 Å². The first kappa shape index (κ1) is 18.1. The Morgan fingerprint density at radius 2 is 0.833 bits per heavy atom. The number of fused-ring (bicyclic) bond motifs is 14. The molecule has 0 atom stereocenters. The van der Waals surface area contributed by atoms with Gasteiger partial charge in [0.2, 0.25) is 0 Å². The van der Waals surface area contributed by atoms with Gasteiger partial charge in [-0.05, 0) is 36.4 Å². The minimum absolute atomic E-state index is 0.682. The predicted octanol–water partition coefficient (Wildman–Crippen LogP) is 7.73. The minimum atomic E-state index is 0.682. The fourth-order valence-corrected chi connectivity index (χ4v) is 6.85. The number of rotatable bonds is 0. The Kier molecular flexibility index (Phi) is 2.93. The van der Waals surface area contributed by atoms with Crippen LogP contribution in [0.5, 0.6) is 0 Å². The Hall–Kier alpha value is -5.32. The molecule has 5 aromatic carbocycles. The van der Waals surface area contributed by atoms with Crippen LogP contribution in [0.15, 0.2) is 84.9 Å². The van der Waals surface area contributed by atoms with Gasteiger partial charge < -0.3 is 8.80 Å². The fraction of sp³-hybridized carbons (Fsp3) is 0. The van der Waals surface area contributed by atoms with E-state index in [2.05, 4.69) is 81.6 Å². The molecule has 0 aliphatic rings. The molecule has 9 aromatic rings. The highest BCUT2D eigenvalue weighted by Gasteiger charge is 2.29. The van der Waals surface area contributed by atoms with Gasteiger partial charge in [0, 0.05) is 43.1 Å². The van der Waals surface area contributed by atoms with Crippen molar-refractivity contribution in [2.75, 3.05) is 0 Å². The van der Waals surface area contributed by atoms with Crippen molar-refractivity contribution in [2.45, 2.75) is 0 Å². The van der Waals surface area contributed by atoms with Crippen LogP contribution in [0, 0.1) is 22.7 Å². The van der Waals surface area contributed by atoms with Crippen molar-refractivity contribution < 1.29 is 0 Å². The molecule has 0 aliphatic heterocycles. The Morgan fingerprint density at radius 1 is 0.417 bits per heavy atom. The standard InChI is InChI=1S/C32H14N4/c33-15-17-7-6-14-24-25(17)29-27-19-9-1-3-11-21(19)35-23-13-5-8-18(16-34)26(23)30(31(27)35)28-20-10-2-4-12-22(20)36(24)32(28)29/h1-14H. The van der Waals surface area contributed by atoms with E-state index in [4.69, 9.17) is 0 Å². The summed E-state index contributed by atoms with van der Waals surface area (Å²) in [5.41, 5.74) is 7.93. The second kappa shape index (κ2) is 5.84. The van der Waals surface area contributed by atoms with Gasteiger partial charge in [0.15, 0.2) is 0 Å². The Labute approximate surface area is 203 Å². The maximum absolute atomic E-state index is 10.2. The zero-order valence-electron chi connectivity index (χ0n) is 18.9. The van der Waals surface area contributed by atoms with Crippen molar-refractivity contribution in [3.63, 3.8) is 0 Å². The van der Waals surface area contributed by atoms with E-state index in [1.807, 2.05) is 24.3 Å². The molecule has 0 bridgehead atoms. The van der Waals surface area contributed by atoms with E-state index in [-0.39, 0.29) is 0 Å². The molecule has 9 rings (SSSR count). The normalized spacial score (nSPS) is 12.4. The summed E-state index contributed by atoms with van der Waals surface area (Å²) in [5, 5.41) is 29.2. The largest absolute Gasteiger partial charge is 0.308 e. The average molecular weight is 454 g/mol. The molecule has 0 spiro atoms. The van der Waals surface area contributed by atoms with Crippen molar-refractivity contribution in [2.24, 2.45) is 0 Å². The highest BCUT2D eigenvalue weighted by molar-refractivity contribution is 6.45. The fourth-order valence-electron chi connectivity index (χ4n) is 6.85. The summed E-state index contributed by atoms with van der Waals surface area (Å²) in [6.07, 6.45) is 0. The summed E-state index contributed by atoms with van der Waals surface area (Å²) in [7, 11) is 0. The quantitative estimate of drug-likeness (QED) is 0.235. The first-order valence-electron chi connectivity index (χ1n) is 11.9. The Balaban J connectivity index is 1.84. The predicted molar refractivity (Wildman–Crippen MR) is 145 cm³/mol. The molecule has 0 aliphatic carbocycles. The molecule has 0 radical (unpaired) electrons. The van der Waals surface area contributed by atoms with Gasteiger partial charge >= 0.3 is 0 Å². The topological polar surface area (TPSA) is 56.4 Å². The molecule has 4 nitrogen and oxygen atoms in total. The van der Waals surface area contributed by atoms with E-state index in [1.54, 1.807) is 0 Å². The molecular formula is C32H14N4. The third-order valence-corrected chi connectivity index (χ3v) is 8.03. The molecule has 0 saturated heterocycles. The van der Waals surface area contributed by atoms with Crippen molar-refractivity contribution >= 4 is 76.2 Å². The van der Waals surface area contributed by atoms with Crippen LogP contribution in [0.4, 0.5) is 0 Å². The zero-order valence-corrected chi connectivity index (χ0v) is 18.9. The second-order valence-electron chi connectivity index (χ2n) is 9.53. The van der Waals surface area contributed by atoms with Gasteiger partial charge in [-0.3, -0.25) is 0 Å². The molecule has 4 heteroatoms. The molecular weight excluding hydrogens is 440 g/mol. The van der Waals surface area contributed by atoms with Crippen LogP contribution >= 0.6 is 0 Å². The lowest BCUT2D eigenvalue weighted by Gasteiger charge is -2.04. The zero-order chi connectivity index (χ0) is 23.7. The van der Waals surface area contributed by atoms with Crippen molar-refractivity contribution in [1.82, 2.24) is 8.80 Å². The van der Waals surface area contributed by atoms with Crippen LogP contribution in [0.3, 0.4) is 0 Å². The maximum Gasteiger partial charge on any atom is 0.0998 e. The number of hydrogen-bond donors (Lipinski definition) is 0. The smallest absolute Gasteiger partial charge is 0.0998 e.